The zero-order valence-corrected chi connectivity index (χ0v) is 22.8. The summed E-state index contributed by atoms with van der Waals surface area (Å²) in [6, 6.07) is 3.51. The average molecular weight is 625 g/mol. The van der Waals surface area contributed by atoms with Gasteiger partial charge in [0.15, 0.2) is 0 Å². The van der Waals surface area contributed by atoms with Crippen molar-refractivity contribution in [2.75, 3.05) is 52.4 Å². The molecule has 0 fully saturated rings. The lowest BCUT2D eigenvalue weighted by Gasteiger charge is -2.16. The van der Waals surface area contributed by atoms with Crippen LogP contribution >= 0.6 is 0 Å². The number of hydrogen-bond acceptors (Lipinski definition) is 15. The molecule has 22 nitrogen and oxygen atoms in total. The highest BCUT2D eigenvalue weighted by molar-refractivity contribution is 5.80. The van der Waals surface area contributed by atoms with Crippen molar-refractivity contribution < 1.29 is 69.8 Å². The van der Waals surface area contributed by atoms with Crippen LogP contribution in [0.2, 0.25) is 0 Å². The van der Waals surface area contributed by atoms with Crippen LogP contribution in [0.4, 0.5) is 0 Å². The summed E-state index contributed by atoms with van der Waals surface area (Å²) in [6.07, 6.45) is 1.41. The molecular weight excluding hydrogens is 588 g/mol. The Bertz CT molecular complexity index is 916. The second kappa shape index (κ2) is 34.6. The zero-order chi connectivity index (χ0) is 34.8. The first-order chi connectivity index (χ1) is 20.0. The van der Waals surface area contributed by atoms with E-state index < -0.39 is 48.9 Å². The summed E-state index contributed by atoms with van der Waals surface area (Å²) in [5.41, 5.74) is 5.16. The van der Waals surface area contributed by atoms with Crippen LogP contribution in [0.3, 0.4) is 0 Å². The first-order valence-electron chi connectivity index (χ1n) is 11.1. The van der Waals surface area contributed by atoms with Crippen LogP contribution in [0.5, 0.6) is 0 Å². The number of hydrogen-bond donors (Lipinski definition) is 11. The van der Waals surface area contributed by atoms with Gasteiger partial charge in [-0.2, -0.15) is 10.5 Å². The zero-order valence-electron chi connectivity index (χ0n) is 22.8. The maximum atomic E-state index is 10.4. The topological polar surface area (TPSA) is 395 Å². The highest BCUT2D eigenvalue weighted by atomic mass is 16.4. The summed E-state index contributed by atoms with van der Waals surface area (Å²) in [7, 11) is 0. The molecule has 0 heterocycles. The Kier molecular flexibility index (Phi) is 38.2. The van der Waals surface area contributed by atoms with Crippen molar-refractivity contribution in [3.8, 4) is 12.1 Å². The summed E-state index contributed by atoms with van der Waals surface area (Å²) in [5, 5.41) is 85.0. The maximum absolute atomic E-state index is 10.4. The number of nitrogens with one attached hydrogen (secondary N) is 1. The van der Waals surface area contributed by atoms with Gasteiger partial charge in [0.05, 0.1) is 51.4 Å². The molecule has 0 aromatic carbocycles. The van der Waals surface area contributed by atoms with Crippen molar-refractivity contribution in [2.24, 2.45) is 16.8 Å². The van der Waals surface area contributed by atoms with E-state index in [1.165, 1.54) is 15.9 Å². The van der Waals surface area contributed by atoms with Crippen LogP contribution in [-0.2, 0) is 28.8 Å². The van der Waals surface area contributed by atoms with Gasteiger partial charge in [-0.25, -0.2) is 5.90 Å². The van der Waals surface area contributed by atoms with Gasteiger partial charge in [0.2, 0.25) is 0 Å². The van der Waals surface area contributed by atoms with E-state index in [0.717, 1.165) is 0 Å². The number of nitrogens with zero attached hydrogens (tertiary/aromatic N) is 5. The first-order valence-corrected chi connectivity index (χ1v) is 11.1. The molecule has 22 heteroatoms. The van der Waals surface area contributed by atoms with Gasteiger partial charge in [0.1, 0.15) is 5.84 Å². The minimum absolute atomic E-state index is 0.0734. The molecule has 0 aliphatic heterocycles. The van der Waals surface area contributed by atoms with Crippen molar-refractivity contribution in [1.29, 1.82) is 10.5 Å². The molecule has 0 atom stereocenters. The number of amidine groups is 1. The molecule has 13 N–H and O–H groups in total. The minimum Gasteiger partial charge on any atom is -0.480 e. The lowest BCUT2D eigenvalue weighted by molar-refractivity contribution is -0.143. The van der Waals surface area contributed by atoms with Crippen molar-refractivity contribution >= 4 is 41.7 Å². The Morgan fingerprint density at radius 1 is 0.744 bits per heavy atom. The van der Waals surface area contributed by atoms with E-state index in [1.807, 2.05) is 6.07 Å². The highest BCUT2D eigenvalue weighted by Crippen LogP contribution is 1.92. The molecule has 0 aromatic heterocycles. The van der Waals surface area contributed by atoms with Crippen molar-refractivity contribution in [2.45, 2.75) is 12.8 Å². The van der Waals surface area contributed by atoms with Crippen molar-refractivity contribution in [3.63, 3.8) is 0 Å². The monoisotopic (exact) mass is 624 g/mol. The van der Waals surface area contributed by atoms with Crippen LogP contribution in [0.1, 0.15) is 12.8 Å². The Hall–Kier alpha value is -5.39. The van der Waals surface area contributed by atoms with E-state index in [2.05, 4.69) is 22.9 Å². The smallest absolute Gasteiger partial charge is 0.317 e. The van der Waals surface area contributed by atoms with Gasteiger partial charge in [0, 0.05) is 32.0 Å². The van der Waals surface area contributed by atoms with E-state index in [4.69, 9.17) is 57.3 Å². The van der Waals surface area contributed by atoms with Crippen LogP contribution in [0.25, 0.3) is 0 Å². The van der Waals surface area contributed by atoms with E-state index in [0.29, 0.717) is 0 Å². The standard InChI is InChI=1S/C7H13N3O5.C7H10N2O4.C4H7NO4.C3H3N.H3NO/c8-5(9-15)1-2-10(3-6(11)12)4-7(13)14;8-2-1-3-9(4-6(10)11)5-7(12)13;6-3(7)1-5-2-4(8)9;1-2-3-4;1-2/h15H,1-4H2,(H2,8,9)(H,11,12)(H,13,14);1,3-5H2,(H,10,11)(H,12,13);5H,1-2H2,(H,6,7)(H,8,9);2H,1H2;2H,1H2. The minimum atomic E-state index is -1.13. The molecule has 0 spiro atoms. The number of oxime groups is 1. The van der Waals surface area contributed by atoms with Crippen LogP contribution in [0.15, 0.2) is 17.8 Å². The Morgan fingerprint density at radius 2 is 1.07 bits per heavy atom. The van der Waals surface area contributed by atoms with Crippen LogP contribution in [-0.4, -0.2) is 145 Å². The molecule has 0 aliphatic rings. The molecule has 0 aromatic rings. The molecular formula is C21H36N8O14. The molecule has 0 rings (SSSR count). The molecule has 0 amide bonds. The fourth-order valence-electron chi connectivity index (χ4n) is 2.00. The Labute approximate surface area is 244 Å². The van der Waals surface area contributed by atoms with Gasteiger partial charge in [-0.15, -0.1) is 0 Å². The number of carboxylic acids is 6. The normalized spacial score (nSPS) is 9.30. The first kappa shape index (κ1) is 47.4. The predicted molar refractivity (Wildman–Crippen MR) is 142 cm³/mol. The molecule has 0 aliphatic carbocycles. The second-order valence-corrected chi connectivity index (χ2v) is 6.97. The summed E-state index contributed by atoms with van der Waals surface area (Å²) in [5.74, 6) is -3.15. The van der Waals surface area contributed by atoms with E-state index in [1.54, 1.807) is 6.07 Å². The number of allylic oxidation sites excluding steroid dienone is 1. The molecule has 0 saturated heterocycles. The third kappa shape index (κ3) is 53.6. The average Bonchev–Trinajstić information content (AvgIpc) is 2.90. The molecule has 0 unspecified atom stereocenters. The van der Waals surface area contributed by atoms with Gasteiger partial charge in [-0.05, 0) is 0 Å². The predicted octanol–water partition coefficient (Wildman–Crippen LogP) is -3.26. The largest absolute Gasteiger partial charge is 0.480 e. The van der Waals surface area contributed by atoms with E-state index >= 15 is 0 Å². The molecule has 244 valence electrons. The number of carbonyl (C=O) groups is 6. The fraction of sp³-hybridized carbons (Fsp3) is 0.476. The quantitative estimate of drug-likeness (QED) is 0.0248. The number of carboxylic acid groups (broad SMARTS) is 6. The molecule has 0 radical (unpaired) electrons. The van der Waals surface area contributed by atoms with Gasteiger partial charge < -0.3 is 46.8 Å². The van der Waals surface area contributed by atoms with Gasteiger partial charge in [-0.3, -0.25) is 43.9 Å². The third-order valence-corrected chi connectivity index (χ3v) is 3.43. The highest BCUT2D eigenvalue weighted by Gasteiger charge is 2.14. The van der Waals surface area contributed by atoms with Gasteiger partial charge in [0.25, 0.3) is 0 Å². The number of nitrogens with two attached hydrogens (primary N) is 2. The summed E-state index contributed by atoms with van der Waals surface area (Å²) >= 11 is 0. The lowest BCUT2D eigenvalue weighted by Crippen LogP contribution is -2.36. The maximum Gasteiger partial charge on any atom is 0.317 e. The van der Waals surface area contributed by atoms with Crippen molar-refractivity contribution in [3.05, 3.63) is 12.7 Å². The third-order valence-electron chi connectivity index (χ3n) is 3.43. The van der Waals surface area contributed by atoms with Crippen molar-refractivity contribution in [1.82, 2.24) is 15.1 Å². The summed E-state index contributed by atoms with van der Waals surface area (Å²) in [6.45, 7) is 1.26. The summed E-state index contributed by atoms with van der Waals surface area (Å²) < 4.78 is 0. The van der Waals surface area contributed by atoms with E-state index in [-0.39, 0.29) is 57.9 Å². The fourth-order valence-corrected chi connectivity index (χ4v) is 2.00. The van der Waals surface area contributed by atoms with Crippen LogP contribution in [0, 0.1) is 22.7 Å². The molecule has 0 saturated carbocycles. The second-order valence-electron chi connectivity index (χ2n) is 6.97. The Morgan fingerprint density at radius 3 is 1.30 bits per heavy atom. The van der Waals surface area contributed by atoms with Gasteiger partial charge in [-0.1, -0.05) is 11.7 Å². The number of nitriles is 2. The number of rotatable bonds is 17. The van der Waals surface area contributed by atoms with Gasteiger partial charge >= 0.3 is 35.8 Å². The molecule has 43 heavy (non-hydrogen) atoms. The summed E-state index contributed by atoms with van der Waals surface area (Å²) in [4.78, 5) is 63.0. The lowest BCUT2D eigenvalue weighted by atomic mass is 10.3. The number of aliphatic carboxylic acids is 6. The molecule has 0 bridgehead atoms. The van der Waals surface area contributed by atoms with E-state index in [9.17, 15) is 28.8 Å². The van der Waals surface area contributed by atoms with Crippen LogP contribution < -0.4 is 16.9 Å². The Balaban J connectivity index is -0.000000157. The SMILES string of the molecule is C=CC#N.N#CCCN(CC(=O)O)CC(=O)O.N/C(CCN(CC(=O)O)CC(=O)O)=N\O.NO.O=C(O)CNCC(=O)O.